The molecule has 1 aliphatic rings. The number of aryl methyl sites for hydroxylation is 1. The highest BCUT2D eigenvalue weighted by Gasteiger charge is 2.25. The van der Waals surface area contributed by atoms with E-state index in [1.165, 1.54) is 12.0 Å². The van der Waals surface area contributed by atoms with Gasteiger partial charge >= 0.3 is 0 Å². The molecule has 3 heterocycles. The molecule has 3 rings (SSSR count). The maximum absolute atomic E-state index is 12.5. The van der Waals surface area contributed by atoms with Crippen molar-refractivity contribution < 1.29 is 4.79 Å². The second-order valence-corrected chi connectivity index (χ2v) is 6.62. The van der Waals surface area contributed by atoms with Crippen molar-refractivity contribution in [3.8, 4) is 0 Å². The van der Waals surface area contributed by atoms with Gasteiger partial charge < -0.3 is 9.30 Å². The number of pyridine rings is 1. The first-order valence-electron chi connectivity index (χ1n) is 7.73. The average molecular weight is 285 g/mol. The van der Waals surface area contributed by atoms with Crippen molar-refractivity contribution >= 4 is 11.6 Å². The van der Waals surface area contributed by atoms with Crippen molar-refractivity contribution in [2.75, 3.05) is 13.1 Å². The van der Waals surface area contributed by atoms with Crippen LogP contribution < -0.4 is 0 Å². The molecule has 0 bridgehead atoms. The van der Waals surface area contributed by atoms with Gasteiger partial charge in [0.15, 0.2) is 0 Å². The third kappa shape index (κ3) is 3.09. The molecule has 1 amide bonds. The average Bonchev–Trinajstić information content (AvgIpc) is 2.78. The standard InChI is InChI=1S/C17H23N3O/c1-12-4-5-19-11-15(18-16(19)7-12)8-17(21)20-9-13(2)6-14(3)10-20/h4-5,7,11,13-14H,6,8-10H2,1-3H3. The van der Waals surface area contributed by atoms with Crippen molar-refractivity contribution in [2.24, 2.45) is 11.8 Å². The lowest BCUT2D eigenvalue weighted by Gasteiger charge is -2.35. The lowest BCUT2D eigenvalue weighted by atomic mass is 9.91. The smallest absolute Gasteiger partial charge is 0.228 e. The van der Waals surface area contributed by atoms with E-state index in [4.69, 9.17) is 0 Å². The zero-order valence-electron chi connectivity index (χ0n) is 13.0. The van der Waals surface area contributed by atoms with Gasteiger partial charge in [0.2, 0.25) is 5.91 Å². The van der Waals surface area contributed by atoms with Gasteiger partial charge in [-0.15, -0.1) is 0 Å². The van der Waals surface area contributed by atoms with Crippen molar-refractivity contribution in [1.29, 1.82) is 0 Å². The van der Waals surface area contributed by atoms with Crippen molar-refractivity contribution in [3.05, 3.63) is 35.8 Å². The SMILES string of the molecule is Cc1ccn2cc(CC(=O)N3CC(C)CC(C)C3)nc2c1. The molecule has 0 radical (unpaired) electrons. The third-order valence-electron chi connectivity index (χ3n) is 4.22. The molecule has 0 saturated carbocycles. The molecule has 1 fully saturated rings. The maximum Gasteiger partial charge on any atom is 0.228 e. The van der Waals surface area contributed by atoms with E-state index in [-0.39, 0.29) is 5.91 Å². The Morgan fingerprint density at radius 1 is 1.33 bits per heavy atom. The molecule has 0 N–H and O–H groups in total. The normalized spacial score (nSPS) is 22.7. The summed E-state index contributed by atoms with van der Waals surface area (Å²) < 4.78 is 1.98. The predicted molar refractivity (Wildman–Crippen MR) is 83.2 cm³/mol. The van der Waals surface area contributed by atoms with Crippen LogP contribution in [0.2, 0.25) is 0 Å². The molecule has 0 aromatic carbocycles. The number of carbonyl (C=O) groups is 1. The van der Waals surface area contributed by atoms with E-state index in [1.807, 2.05) is 33.8 Å². The maximum atomic E-state index is 12.5. The molecule has 4 nitrogen and oxygen atoms in total. The molecule has 2 unspecified atom stereocenters. The third-order valence-corrected chi connectivity index (χ3v) is 4.22. The number of fused-ring (bicyclic) bond motifs is 1. The molecule has 4 heteroatoms. The summed E-state index contributed by atoms with van der Waals surface area (Å²) in [5.41, 5.74) is 2.96. The molecule has 112 valence electrons. The minimum Gasteiger partial charge on any atom is -0.342 e. The summed E-state index contributed by atoms with van der Waals surface area (Å²) in [6.07, 6.45) is 5.58. The van der Waals surface area contributed by atoms with E-state index in [9.17, 15) is 4.79 Å². The van der Waals surface area contributed by atoms with Crippen molar-refractivity contribution in [2.45, 2.75) is 33.6 Å². The van der Waals surface area contributed by atoms with Crippen LogP contribution in [0.3, 0.4) is 0 Å². The fourth-order valence-electron chi connectivity index (χ4n) is 3.35. The number of carbonyl (C=O) groups excluding carboxylic acids is 1. The van der Waals surface area contributed by atoms with Gasteiger partial charge in [-0.05, 0) is 42.9 Å². The Labute approximate surface area is 125 Å². The van der Waals surface area contributed by atoms with Crippen molar-refractivity contribution in [3.63, 3.8) is 0 Å². The van der Waals surface area contributed by atoms with Gasteiger partial charge in [0.1, 0.15) is 5.65 Å². The first-order valence-corrected chi connectivity index (χ1v) is 7.73. The highest BCUT2D eigenvalue weighted by molar-refractivity contribution is 5.78. The number of likely N-dealkylation sites (tertiary alicyclic amines) is 1. The van der Waals surface area contributed by atoms with Crippen LogP contribution in [0.5, 0.6) is 0 Å². The number of hydrogen-bond acceptors (Lipinski definition) is 2. The molecular formula is C17H23N3O. The second kappa shape index (κ2) is 5.51. The largest absolute Gasteiger partial charge is 0.342 e. The Morgan fingerprint density at radius 2 is 2.05 bits per heavy atom. The Kier molecular flexibility index (Phi) is 3.70. The van der Waals surface area contributed by atoms with Crippen LogP contribution in [0, 0.1) is 18.8 Å². The molecule has 0 aliphatic carbocycles. The van der Waals surface area contributed by atoms with Gasteiger partial charge in [-0.1, -0.05) is 13.8 Å². The van der Waals surface area contributed by atoms with Gasteiger partial charge in [-0.3, -0.25) is 4.79 Å². The Balaban J connectivity index is 1.73. The summed E-state index contributed by atoms with van der Waals surface area (Å²) >= 11 is 0. The summed E-state index contributed by atoms with van der Waals surface area (Å²) in [7, 11) is 0. The van der Waals surface area contributed by atoms with E-state index < -0.39 is 0 Å². The van der Waals surface area contributed by atoms with Crippen LogP contribution in [0.1, 0.15) is 31.5 Å². The van der Waals surface area contributed by atoms with E-state index in [1.54, 1.807) is 0 Å². The number of nitrogens with zero attached hydrogens (tertiary/aromatic N) is 3. The minimum atomic E-state index is 0.202. The lowest BCUT2D eigenvalue weighted by Crippen LogP contribution is -2.43. The fourth-order valence-corrected chi connectivity index (χ4v) is 3.35. The number of piperidine rings is 1. The summed E-state index contributed by atoms with van der Waals surface area (Å²) in [5, 5.41) is 0. The van der Waals surface area contributed by atoms with E-state index in [0.717, 1.165) is 24.4 Å². The van der Waals surface area contributed by atoms with E-state index >= 15 is 0 Å². The van der Waals surface area contributed by atoms with E-state index in [0.29, 0.717) is 18.3 Å². The molecule has 1 aliphatic heterocycles. The van der Waals surface area contributed by atoms with Crippen LogP contribution >= 0.6 is 0 Å². The highest BCUT2D eigenvalue weighted by atomic mass is 16.2. The van der Waals surface area contributed by atoms with E-state index in [2.05, 4.69) is 25.8 Å². The summed E-state index contributed by atoms with van der Waals surface area (Å²) in [6.45, 7) is 8.27. The van der Waals surface area contributed by atoms with Gasteiger partial charge in [0.05, 0.1) is 12.1 Å². The zero-order chi connectivity index (χ0) is 15.0. The summed E-state index contributed by atoms with van der Waals surface area (Å²) in [4.78, 5) is 19.0. The van der Waals surface area contributed by atoms with Crippen LogP contribution in [0.4, 0.5) is 0 Å². The van der Waals surface area contributed by atoms with Crippen LogP contribution in [0.15, 0.2) is 24.5 Å². The quantitative estimate of drug-likeness (QED) is 0.851. The number of imidazole rings is 1. The molecule has 0 spiro atoms. The van der Waals surface area contributed by atoms with Gasteiger partial charge in [-0.25, -0.2) is 4.98 Å². The molecule has 2 aromatic rings. The fraction of sp³-hybridized carbons (Fsp3) is 0.529. The molecule has 1 saturated heterocycles. The lowest BCUT2D eigenvalue weighted by molar-refractivity contribution is -0.133. The molecule has 2 aromatic heterocycles. The second-order valence-electron chi connectivity index (χ2n) is 6.62. The minimum absolute atomic E-state index is 0.202. The molecule has 21 heavy (non-hydrogen) atoms. The van der Waals surface area contributed by atoms with Crippen molar-refractivity contribution in [1.82, 2.24) is 14.3 Å². The zero-order valence-corrected chi connectivity index (χ0v) is 13.0. The first kappa shape index (κ1) is 14.1. The Morgan fingerprint density at radius 3 is 2.76 bits per heavy atom. The van der Waals surface area contributed by atoms with Gasteiger partial charge in [0.25, 0.3) is 0 Å². The monoisotopic (exact) mass is 285 g/mol. The first-order chi connectivity index (χ1) is 10.0. The van der Waals surface area contributed by atoms with Gasteiger partial charge in [-0.2, -0.15) is 0 Å². The Bertz CT molecular complexity index is 651. The van der Waals surface area contributed by atoms with Crippen LogP contribution in [-0.2, 0) is 11.2 Å². The summed E-state index contributed by atoms with van der Waals surface area (Å²) in [5.74, 6) is 1.40. The molecular weight excluding hydrogens is 262 g/mol. The predicted octanol–water partition coefficient (Wildman–Crippen LogP) is 2.69. The van der Waals surface area contributed by atoms with Crippen LogP contribution in [0.25, 0.3) is 5.65 Å². The number of rotatable bonds is 2. The number of hydrogen-bond donors (Lipinski definition) is 0. The molecule has 2 atom stereocenters. The number of aromatic nitrogens is 2. The van der Waals surface area contributed by atoms with Crippen LogP contribution in [-0.4, -0.2) is 33.3 Å². The summed E-state index contributed by atoms with van der Waals surface area (Å²) in [6, 6.07) is 4.09. The van der Waals surface area contributed by atoms with Gasteiger partial charge in [0, 0.05) is 25.5 Å². The Hall–Kier alpha value is -1.84. The topological polar surface area (TPSA) is 37.6 Å². The highest BCUT2D eigenvalue weighted by Crippen LogP contribution is 2.21. The number of amides is 1.